The Bertz CT molecular complexity index is 634. The average Bonchev–Trinajstić information content (AvgIpc) is 2.46. The summed E-state index contributed by atoms with van der Waals surface area (Å²) in [6.07, 6.45) is 0.939. The van der Waals surface area contributed by atoms with Crippen LogP contribution in [0, 0.1) is 13.8 Å². The summed E-state index contributed by atoms with van der Waals surface area (Å²) >= 11 is 3.47. The van der Waals surface area contributed by atoms with Crippen LogP contribution in [-0.4, -0.2) is 30.2 Å². The monoisotopic (exact) mass is 364 g/mol. The number of halogens is 1. The lowest BCUT2D eigenvalue weighted by atomic mass is 10.2. The molecule has 0 aliphatic carbocycles. The fourth-order valence-corrected chi connectivity index (χ4v) is 2.51. The molecular formula is C16H21BrN4O. The second-order valence-electron chi connectivity index (χ2n) is 5.08. The van der Waals surface area contributed by atoms with Crippen LogP contribution in [0.3, 0.4) is 0 Å². The molecule has 0 fully saturated rings. The van der Waals surface area contributed by atoms with E-state index in [9.17, 15) is 0 Å². The molecule has 0 radical (unpaired) electrons. The van der Waals surface area contributed by atoms with Crippen LogP contribution in [0.25, 0.3) is 0 Å². The summed E-state index contributed by atoms with van der Waals surface area (Å²) < 4.78 is 6.10. The maximum atomic E-state index is 5.04. The van der Waals surface area contributed by atoms with E-state index in [2.05, 4.69) is 42.6 Å². The molecule has 0 saturated carbocycles. The van der Waals surface area contributed by atoms with Crippen LogP contribution in [0.1, 0.15) is 17.7 Å². The molecule has 1 aromatic heterocycles. The average molecular weight is 365 g/mol. The quantitative estimate of drug-likeness (QED) is 0.725. The van der Waals surface area contributed by atoms with E-state index in [1.54, 1.807) is 7.11 Å². The third-order valence-electron chi connectivity index (χ3n) is 3.12. The molecule has 0 spiro atoms. The number of nitrogens with one attached hydrogen (secondary N) is 2. The summed E-state index contributed by atoms with van der Waals surface area (Å²) in [5, 5.41) is 6.57. The molecule has 0 aliphatic rings. The van der Waals surface area contributed by atoms with E-state index in [4.69, 9.17) is 4.74 Å². The van der Waals surface area contributed by atoms with Gasteiger partial charge in [-0.25, -0.2) is 4.98 Å². The van der Waals surface area contributed by atoms with Crippen LogP contribution < -0.4 is 10.6 Å². The minimum Gasteiger partial charge on any atom is -0.385 e. The summed E-state index contributed by atoms with van der Waals surface area (Å²) in [7, 11) is 1.71. The second kappa shape index (κ2) is 8.10. The van der Waals surface area contributed by atoms with Crippen molar-refractivity contribution in [3.63, 3.8) is 0 Å². The van der Waals surface area contributed by atoms with Crippen LogP contribution in [-0.2, 0) is 4.74 Å². The van der Waals surface area contributed by atoms with Gasteiger partial charge < -0.3 is 15.4 Å². The molecule has 0 aliphatic heterocycles. The molecule has 118 valence electrons. The van der Waals surface area contributed by atoms with Crippen molar-refractivity contribution in [3.05, 3.63) is 40.0 Å². The topological polar surface area (TPSA) is 59.1 Å². The van der Waals surface area contributed by atoms with E-state index in [1.165, 1.54) is 0 Å². The maximum Gasteiger partial charge on any atom is 0.229 e. The van der Waals surface area contributed by atoms with E-state index < -0.39 is 0 Å². The molecule has 2 aromatic rings. The standard InChI is InChI=1S/C16H21BrN4O/c1-11-9-13(17)5-6-14(11)20-16-19-12(2)10-15(21-16)18-7-4-8-22-3/h5-6,9-10H,4,7-8H2,1-3H3,(H2,18,19,20,21). The highest BCUT2D eigenvalue weighted by atomic mass is 79.9. The van der Waals surface area contributed by atoms with Gasteiger partial charge in [-0.3, -0.25) is 0 Å². The number of nitrogens with zero attached hydrogens (tertiary/aromatic N) is 2. The van der Waals surface area contributed by atoms with Gasteiger partial charge in [-0.15, -0.1) is 0 Å². The number of aryl methyl sites for hydroxylation is 2. The Morgan fingerprint density at radius 2 is 2.00 bits per heavy atom. The Labute approximate surface area is 139 Å². The zero-order valence-electron chi connectivity index (χ0n) is 13.1. The van der Waals surface area contributed by atoms with Crippen molar-refractivity contribution in [2.45, 2.75) is 20.3 Å². The smallest absolute Gasteiger partial charge is 0.229 e. The van der Waals surface area contributed by atoms with Gasteiger partial charge in [-0.05, 0) is 44.0 Å². The molecule has 0 bridgehead atoms. The summed E-state index contributed by atoms with van der Waals surface area (Å²) in [5.74, 6) is 1.42. The number of hydrogen-bond acceptors (Lipinski definition) is 5. The van der Waals surface area contributed by atoms with Gasteiger partial charge in [0.05, 0.1) is 0 Å². The molecule has 0 unspecified atom stereocenters. The first-order chi connectivity index (χ1) is 10.6. The van der Waals surface area contributed by atoms with Crippen LogP contribution >= 0.6 is 15.9 Å². The summed E-state index contributed by atoms with van der Waals surface area (Å²) in [6.45, 7) is 5.57. The number of rotatable bonds is 7. The zero-order chi connectivity index (χ0) is 15.9. The van der Waals surface area contributed by atoms with Gasteiger partial charge in [-0.1, -0.05) is 15.9 Å². The lowest BCUT2D eigenvalue weighted by Crippen LogP contribution is -2.08. The normalized spacial score (nSPS) is 10.5. The molecular weight excluding hydrogens is 344 g/mol. The summed E-state index contributed by atoms with van der Waals surface area (Å²) in [6, 6.07) is 8.00. The molecule has 0 saturated heterocycles. The van der Waals surface area contributed by atoms with Crippen molar-refractivity contribution < 1.29 is 4.74 Å². The minimum atomic E-state index is 0.597. The zero-order valence-corrected chi connectivity index (χ0v) is 14.7. The Balaban J connectivity index is 2.08. The summed E-state index contributed by atoms with van der Waals surface area (Å²) in [5.41, 5.74) is 3.05. The molecule has 0 atom stereocenters. The molecule has 1 heterocycles. The van der Waals surface area contributed by atoms with Gasteiger partial charge in [0, 0.05) is 42.2 Å². The SMILES string of the molecule is COCCCNc1cc(C)nc(Nc2ccc(Br)cc2C)n1. The number of anilines is 3. The first-order valence-corrected chi connectivity index (χ1v) is 7.99. The maximum absolute atomic E-state index is 5.04. The number of hydrogen-bond donors (Lipinski definition) is 2. The van der Waals surface area contributed by atoms with Crippen LogP contribution in [0.4, 0.5) is 17.5 Å². The lowest BCUT2D eigenvalue weighted by Gasteiger charge is -2.11. The van der Waals surface area contributed by atoms with E-state index >= 15 is 0 Å². The Morgan fingerprint density at radius 3 is 2.73 bits per heavy atom. The fraction of sp³-hybridized carbons (Fsp3) is 0.375. The third kappa shape index (κ3) is 4.96. The second-order valence-corrected chi connectivity index (χ2v) is 5.99. The predicted molar refractivity (Wildman–Crippen MR) is 93.9 cm³/mol. The van der Waals surface area contributed by atoms with E-state index in [0.717, 1.165) is 46.8 Å². The third-order valence-corrected chi connectivity index (χ3v) is 3.61. The Morgan fingerprint density at radius 1 is 1.18 bits per heavy atom. The fourth-order valence-electron chi connectivity index (χ4n) is 2.04. The first kappa shape index (κ1) is 16.7. The van der Waals surface area contributed by atoms with Gasteiger partial charge in [0.25, 0.3) is 0 Å². The number of methoxy groups -OCH3 is 1. The van der Waals surface area contributed by atoms with Gasteiger partial charge in [-0.2, -0.15) is 4.98 Å². The molecule has 2 N–H and O–H groups in total. The Kier molecular flexibility index (Phi) is 6.15. The van der Waals surface area contributed by atoms with Gasteiger partial charge >= 0.3 is 0 Å². The lowest BCUT2D eigenvalue weighted by molar-refractivity contribution is 0.198. The number of ether oxygens (including phenoxy) is 1. The number of aromatic nitrogens is 2. The highest BCUT2D eigenvalue weighted by molar-refractivity contribution is 9.10. The predicted octanol–water partition coefficient (Wildman–Crippen LogP) is 4.05. The number of benzene rings is 1. The largest absolute Gasteiger partial charge is 0.385 e. The minimum absolute atomic E-state index is 0.597. The highest BCUT2D eigenvalue weighted by Gasteiger charge is 2.05. The van der Waals surface area contributed by atoms with Gasteiger partial charge in [0.1, 0.15) is 5.82 Å². The van der Waals surface area contributed by atoms with E-state index in [0.29, 0.717) is 5.95 Å². The van der Waals surface area contributed by atoms with Crippen molar-refractivity contribution in [3.8, 4) is 0 Å². The molecule has 2 rings (SSSR count). The summed E-state index contributed by atoms with van der Waals surface area (Å²) in [4.78, 5) is 8.94. The highest BCUT2D eigenvalue weighted by Crippen LogP contribution is 2.23. The van der Waals surface area contributed by atoms with Crippen molar-refractivity contribution in [2.24, 2.45) is 0 Å². The molecule has 22 heavy (non-hydrogen) atoms. The first-order valence-electron chi connectivity index (χ1n) is 7.20. The molecule has 1 aromatic carbocycles. The molecule has 0 amide bonds. The van der Waals surface area contributed by atoms with Gasteiger partial charge in [0.2, 0.25) is 5.95 Å². The van der Waals surface area contributed by atoms with Crippen LogP contribution in [0.15, 0.2) is 28.7 Å². The molecule has 6 heteroatoms. The van der Waals surface area contributed by atoms with E-state index in [-0.39, 0.29) is 0 Å². The van der Waals surface area contributed by atoms with Crippen molar-refractivity contribution in [1.29, 1.82) is 0 Å². The Hall–Kier alpha value is -1.66. The van der Waals surface area contributed by atoms with Gasteiger partial charge in [0.15, 0.2) is 0 Å². The van der Waals surface area contributed by atoms with Crippen molar-refractivity contribution in [2.75, 3.05) is 30.9 Å². The van der Waals surface area contributed by atoms with Crippen LogP contribution in [0.5, 0.6) is 0 Å². The van der Waals surface area contributed by atoms with E-state index in [1.807, 2.05) is 32.0 Å². The van der Waals surface area contributed by atoms with Crippen LogP contribution in [0.2, 0.25) is 0 Å². The van der Waals surface area contributed by atoms with Crippen molar-refractivity contribution >= 4 is 33.4 Å². The molecule has 5 nitrogen and oxygen atoms in total. The van der Waals surface area contributed by atoms with Crippen molar-refractivity contribution in [1.82, 2.24) is 9.97 Å².